The molecule has 0 unspecified atom stereocenters. The van der Waals surface area contributed by atoms with Crippen molar-refractivity contribution in [3.63, 3.8) is 0 Å². The molecule has 0 N–H and O–H groups in total. The molecule has 0 saturated carbocycles. The van der Waals surface area contributed by atoms with E-state index in [0.717, 1.165) is 0 Å². The molecule has 1 nitrogen and oxygen atoms in total. The van der Waals surface area contributed by atoms with Gasteiger partial charge in [0.25, 0.3) is 0 Å². The van der Waals surface area contributed by atoms with Crippen LogP contribution in [0.3, 0.4) is 0 Å². The van der Waals surface area contributed by atoms with E-state index in [9.17, 15) is 3.74 Å². The molecule has 0 aliphatic rings. The molecule has 0 atom stereocenters. The average Bonchev–Trinajstić information content (AvgIpc) is 1.95. The van der Waals surface area contributed by atoms with E-state index in [0.29, 0.717) is 4.35 Å². The predicted molar refractivity (Wildman–Crippen MR) is 32.5 cm³/mol. The van der Waals surface area contributed by atoms with Gasteiger partial charge in [-0.05, 0) is 0 Å². The third-order valence-electron chi connectivity index (χ3n) is 0.746. The first-order valence-corrected chi connectivity index (χ1v) is 3.85. The Kier molecular flexibility index (Phi) is 1.24. The van der Waals surface area contributed by atoms with Crippen LogP contribution in [0.1, 0.15) is 2.74 Å². The average molecular weight is 170 g/mol. The van der Waals surface area contributed by atoms with Crippen molar-refractivity contribution in [1.29, 1.82) is 0 Å². The second-order valence-electron chi connectivity index (χ2n) is 1.28. The summed E-state index contributed by atoms with van der Waals surface area (Å²) in [6.07, 6.45) is 0. The summed E-state index contributed by atoms with van der Waals surface area (Å²) in [5.74, 6) is 0. The van der Waals surface area contributed by atoms with Crippen LogP contribution in [-0.4, -0.2) is 15.7 Å². The van der Waals surface area contributed by atoms with Gasteiger partial charge in [-0.3, -0.25) is 0 Å². The second kappa shape index (κ2) is 2.78. The SMILES string of the molecule is [2H]c1ccc([As]=O)cc1[2H]. The Morgan fingerprint density at radius 1 is 1.50 bits per heavy atom. The number of rotatable bonds is 1. The van der Waals surface area contributed by atoms with Gasteiger partial charge in [-0.1, -0.05) is 0 Å². The van der Waals surface area contributed by atoms with E-state index in [2.05, 4.69) is 0 Å². The van der Waals surface area contributed by atoms with E-state index in [1.807, 2.05) is 0 Å². The number of hydrogen-bond donors (Lipinski definition) is 0. The molecule has 0 aromatic heterocycles. The van der Waals surface area contributed by atoms with Crippen LogP contribution in [0.15, 0.2) is 30.3 Å². The van der Waals surface area contributed by atoms with Crippen LogP contribution in [0, 0.1) is 0 Å². The van der Waals surface area contributed by atoms with Gasteiger partial charge in [0.2, 0.25) is 0 Å². The molecular formula is C6H5AsO. The molecule has 0 fully saturated rings. The predicted octanol–water partition coefficient (Wildman–Crippen LogP) is 0.362. The van der Waals surface area contributed by atoms with Crippen molar-refractivity contribution >= 4 is 20.0 Å². The Morgan fingerprint density at radius 2 is 2.38 bits per heavy atom. The van der Waals surface area contributed by atoms with Crippen LogP contribution in [0.25, 0.3) is 0 Å². The molecule has 8 heavy (non-hydrogen) atoms. The van der Waals surface area contributed by atoms with Crippen molar-refractivity contribution in [1.82, 2.24) is 0 Å². The van der Waals surface area contributed by atoms with Crippen LogP contribution in [0.2, 0.25) is 0 Å². The first kappa shape index (κ1) is 3.57. The van der Waals surface area contributed by atoms with Crippen LogP contribution < -0.4 is 4.35 Å². The Hall–Kier alpha value is -0.422. The first-order valence-electron chi connectivity index (χ1n) is 3.14. The normalized spacial score (nSPS) is 13.0. The summed E-state index contributed by atoms with van der Waals surface area (Å²) >= 11 is -1.05. The van der Waals surface area contributed by atoms with Crippen LogP contribution in [-0.2, 0) is 3.74 Å². The van der Waals surface area contributed by atoms with E-state index in [4.69, 9.17) is 2.74 Å². The summed E-state index contributed by atoms with van der Waals surface area (Å²) in [6.45, 7) is 0. The van der Waals surface area contributed by atoms with Gasteiger partial charge in [-0.2, -0.15) is 0 Å². The summed E-state index contributed by atoms with van der Waals surface area (Å²) in [4.78, 5) is 0. The van der Waals surface area contributed by atoms with Crippen molar-refractivity contribution in [3.8, 4) is 0 Å². The fraction of sp³-hybridized carbons (Fsp3) is 0. The number of benzene rings is 1. The molecule has 0 spiro atoms. The molecule has 1 aromatic carbocycles. The van der Waals surface area contributed by atoms with Crippen LogP contribution in [0.5, 0.6) is 0 Å². The zero-order valence-electron chi connectivity index (χ0n) is 6.09. The standard InChI is InChI=1S/C6H5AsO/c8-7-6-4-2-1-3-5-6/h1-5H/i1D,2D. The van der Waals surface area contributed by atoms with E-state index in [1.54, 1.807) is 6.07 Å². The third-order valence-corrected chi connectivity index (χ3v) is 1.77. The fourth-order valence-electron chi connectivity index (χ4n) is 0.396. The van der Waals surface area contributed by atoms with Gasteiger partial charge in [0.15, 0.2) is 0 Å². The zero-order chi connectivity index (χ0) is 7.56. The maximum absolute atomic E-state index is 10.3. The van der Waals surface area contributed by atoms with E-state index < -0.39 is 15.7 Å². The maximum atomic E-state index is 10.3. The molecule has 0 bridgehead atoms. The summed E-state index contributed by atoms with van der Waals surface area (Å²) < 4.78 is 25.3. The monoisotopic (exact) mass is 170 g/mol. The van der Waals surface area contributed by atoms with Gasteiger partial charge in [0.1, 0.15) is 0 Å². The minimum absolute atomic E-state index is 0.142. The Bertz CT molecular complexity index is 262. The quantitative estimate of drug-likeness (QED) is 0.556. The Morgan fingerprint density at radius 3 is 3.00 bits per heavy atom. The van der Waals surface area contributed by atoms with E-state index in [1.165, 1.54) is 12.1 Å². The number of hydrogen-bond acceptors (Lipinski definition) is 1. The van der Waals surface area contributed by atoms with Gasteiger partial charge in [0.05, 0.1) is 0 Å². The van der Waals surface area contributed by atoms with E-state index >= 15 is 0 Å². The molecule has 0 aliphatic carbocycles. The van der Waals surface area contributed by atoms with Crippen molar-refractivity contribution in [2.24, 2.45) is 0 Å². The summed E-state index contributed by atoms with van der Waals surface area (Å²) in [5, 5.41) is 0. The van der Waals surface area contributed by atoms with Gasteiger partial charge in [0, 0.05) is 0 Å². The van der Waals surface area contributed by atoms with Crippen molar-refractivity contribution in [2.75, 3.05) is 0 Å². The molecule has 0 aliphatic heterocycles. The molecule has 40 valence electrons. The summed E-state index contributed by atoms with van der Waals surface area (Å²) in [6, 6.07) is 4.90. The Balaban J connectivity index is 3.16. The third kappa shape index (κ3) is 1.27. The molecule has 2 heteroatoms. The zero-order valence-corrected chi connectivity index (χ0v) is 5.96. The van der Waals surface area contributed by atoms with Gasteiger partial charge < -0.3 is 0 Å². The molecule has 1 rings (SSSR count). The minimum atomic E-state index is -1.05. The fourth-order valence-corrected chi connectivity index (χ4v) is 0.926. The van der Waals surface area contributed by atoms with E-state index in [-0.39, 0.29) is 12.1 Å². The van der Waals surface area contributed by atoms with Crippen LogP contribution >= 0.6 is 0 Å². The van der Waals surface area contributed by atoms with Crippen LogP contribution in [0.4, 0.5) is 0 Å². The van der Waals surface area contributed by atoms with Gasteiger partial charge in [-0.25, -0.2) is 0 Å². The van der Waals surface area contributed by atoms with Crippen molar-refractivity contribution < 1.29 is 6.48 Å². The Labute approximate surface area is 57.4 Å². The molecule has 0 radical (unpaired) electrons. The molecule has 0 amide bonds. The molecule has 1 aromatic rings. The van der Waals surface area contributed by atoms with Gasteiger partial charge >= 0.3 is 56.8 Å². The molecular weight excluding hydrogens is 163 g/mol. The summed E-state index contributed by atoms with van der Waals surface area (Å²) in [5.41, 5.74) is 0. The van der Waals surface area contributed by atoms with Crippen molar-refractivity contribution in [3.05, 3.63) is 30.3 Å². The molecule has 0 saturated heterocycles. The molecule has 0 heterocycles. The summed E-state index contributed by atoms with van der Waals surface area (Å²) in [7, 11) is 0. The second-order valence-corrected chi connectivity index (χ2v) is 2.75. The first-order chi connectivity index (χ1) is 4.74. The van der Waals surface area contributed by atoms with Gasteiger partial charge in [-0.15, -0.1) is 0 Å². The van der Waals surface area contributed by atoms with Crippen molar-refractivity contribution in [2.45, 2.75) is 0 Å². The topological polar surface area (TPSA) is 17.1 Å².